The van der Waals surface area contributed by atoms with E-state index in [1.54, 1.807) is 12.1 Å². The molecular formula is C26H26N4O4. The molecule has 1 heterocycles. The second-order valence-corrected chi connectivity index (χ2v) is 9.16. The Labute approximate surface area is 197 Å². The van der Waals surface area contributed by atoms with E-state index in [1.807, 2.05) is 32.0 Å². The Morgan fingerprint density at radius 3 is 2.97 bits per heavy atom. The van der Waals surface area contributed by atoms with E-state index in [0.717, 1.165) is 12.0 Å². The molecule has 3 unspecified atom stereocenters. The molecule has 5 rings (SSSR count). The molecule has 0 saturated heterocycles. The van der Waals surface area contributed by atoms with E-state index in [1.165, 1.54) is 11.1 Å². The highest BCUT2D eigenvalue weighted by Crippen LogP contribution is 2.63. The van der Waals surface area contributed by atoms with Crippen LogP contribution in [0, 0.1) is 17.2 Å². The molecule has 0 spiro atoms. The van der Waals surface area contributed by atoms with Gasteiger partial charge in [0.05, 0.1) is 11.7 Å². The fourth-order valence-corrected chi connectivity index (χ4v) is 4.92. The molecular weight excluding hydrogens is 432 g/mol. The minimum Gasteiger partial charge on any atom is -0.490 e. The Morgan fingerprint density at radius 1 is 1.35 bits per heavy atom. The number of ether oxygens (including phenoxy) is 1. The number of nitrogens with zero attached hydrogens (tertiary/aromatic N) is 3. The van der Waals surface area contributed by atoms with Gasteiger partial charge in [0.1, 0.15) is 11.8 Å². The number of nitriles is 1. The van der Waals surface area contributed by atoms with Gasteiger partial charge in [-0.1, -0.05) is 23.4 Å². The van der Waals surface area contributed by atoms with Crippen molar-refractivity contribution in [3.05, 3.63) is 53.1 Å². The van der Waals surface area contributed by atoms with Crippen LogP contribution in [0.2, 0.25) is 0 Å². The first-order chi connectivity index (χ1) is 16.5. The number of carboxylic acid groups (broad SMARTS) is 1. The van der Waals surface area contributed by atoms with Crippen molar-refractivity contribution in [2.75, 3.05) is 6.54 Å². The number of carbonyl (C=O) groups is 1. The van der Waals surface area contributed by atoms with Crippen LogP contribution in [-0.2, 0) is 4.79 Å². The van der Waals surface area contributed by atoms with Crippen molar-refractivity contribution in [1.29, 1.82) is 5.26 Å². The third kappa shape index (κ3) is 4.15. The normalized spacial score (nSPS) is 20.0. The van der Waals surface area contributed by atoms with E-state index >= 15 is 0 Å². The van der Waals surface area contributed by atoms with Crippen LogP contribution < -0.4 is 10.1 Å². The number of nitrogens with one attached hydrogen (secondary N) is 1. The Morgan fingerprint density at radius 2 is 2.21 bits per heavy atom. The van der Waals surface area contributed by atoms with Crippen LogP contribution in [-0.4, -0.2) is 33.9 Å². The highest BCUT2D eigenvalue weighted by Gasteiger charge is 2.52. The second kappa shape index (κ2) is 8.92. The smallest absolute Gasteiger partial charge is 0.303 e. The Bertz CT molecular complexity index is 1280. The summed E-state index contributed by atoms with van der Waals surface area (Å²) in [7, 11) is 0. The van der Waals surface area contributed by atoms with E-state index in [4.69, 9.17) is 14.4 Å². The molecule has 2 aromatic carbocycles. The van der Waals surface area contributed by atoms with Gasteiger partial charge in [0.2, 0.25) is 5.82 Å². The standard InChI is InChI=1S/C26H26N4O4/c1-14(2)33-21-9-8-15(11-16(21)13-27)26-29-25(30-34-26)18-6-3-5-17-23(18)19-12-20(19)24(17)28-10-4-7-22(31)32/h3,5-6,8-9,11,14,19-20,24,28H,4,7,10,12H2,1-2H3,(H,31,32). The van der Waals surface area contributed by atoms with Gasteiger partial charge in [0.25, 0.3) is 5.89 Å². The summed E-state index contributed by atoms with van der Waals surface area (Å²) < 4.78 is 11.3. The van der Waals surface area contributed by atoms with Crippen LogP contribution in [0.25, 0.3) is 22.8 Å². The molecule has 8 heteroatoms. The number of benzene rings is 2. The molecule has 0 radical (unpaired) electrons. The maximum atomic E-state index is 10.8. The molecule has 3 atom stereocenters. The third-order valence-electron chi connectivity index (χ3n) is 6.42. The number of hydrogen-bond acceptors (Lipinski definition) is 7. The van der Waals surface area contributed by atoms with E-state index in [9.17, 15) is 10.1 Å². The predicted molar refractivity (Wildman–Crippen MR) is 124 cm³/mol. The SMILES string of the molecule is CC(C)Oc1ccc(-c2nc(-c3cccc4c3C3CC3C4NCCCC(=O)O)no2)cc1C#N. The fraction of sp³-hybridized carbons (Fsp3) is 0.385. The molecule has 3 aromatic rings. The van der Waals surface area contributed by atoms with Gasteiger partial charge in [-0.2, -0.15) is 10.2 Å². The summed E-state index contributed by atoms with van der Waals surface area (Å²) in [6.45, 7) is 4.50. The molecule has 174 valence electrons. The average Bonchev–Trinajstić information content (AvgIpc) is 3.31. The zero-order chi connectivity index (χ0) is 23.8. The third-order valence-corrected chi connectivity index (χ3v) is 6.42. The minimum atomic E-state index is -0.767. The molecule has 2 aliphatic rings. The first-order valence-electron chi connectivity index (χ1n) is 11.6. The van der Waals surface area contributed by atoms with Crippen LogP contribution in [0.4, 0.5) is 0 Å². The Balaban J connectivity index is 1.39. The zero-order valence-corrected chi connectivity index (χ0v) is 19.1. The van der Waals surface area contributed by atoms with Crippen molar-refractivity contribution in [1.82, 2.24) is 15.5 Å². The molecule has 0 amide bonds. The number of aromatic nitrogens is 2. The van der Waals surface area contributed by atoms with E-state index in [2.05, 4.69) is 27.6 Å². The minimum absolute atomic E-state index is 0.0325. The molecule has 1 saturated carbocycles. The van der Waals surface area contributed by atoms with Gasteiger partial charge in [-0.25, -0.2) is 0 Å². The topological polar surface area (TPSA) is 121 Å². The first kappa shape index (κ1) is 22.1. The lowest BCUT2D eigenvalue weighted by atomic mass is 9.97. The second-order valence-electron chi connectivity index (χ2n) is 9.16. The summed E-state index contributed by atoms with van der Waals surface area (Å²) in [4.78, 5) is 15.4. The molecule has 1 aromatic heterocycles. The molecule has 2 aliphatic carbocycles. The quantitative estimate of drug-likeness (QED) is 0.444. The zero-order valence-electron chi connectivity index (χ0n) is 19.1. The summed E-state index contributed by atoms with van der Waals surface area (Å²) in [5.41, 5.74) is 4.55. The van der Waals surface area contributed by atoms with Crippen LogP contribution >= 0.6 is 0 Å². The summed E-state index contributed by atoms with van der Waals surface area (Å²) in [6.07, 6.45) is 1.85. The van der Waals surface area contributed by atoms with Crippen LogP contribution in [0.3, 0.4) is 0 Å². The number of fused-ring (bicyclic) bond motifs is 3. The monoisotopic (exact) mass is 458 g/mol. The van der Waals surface area contributed by atoms with Crippen LogP contribution in [0.1, 0.15) is 61.8 Å². The van der Waals surface area contributed by atoms with Gasteiger partial charge in [0, 0.05) is 23.6 Å². The number of hydrogen-bond donors (Lipinski definition) is 2. The van der Waals surface area contributed by atoms with E-state index in [0.29, 0.717) is 53.4 Å². The van der Waals surface area contributed by atoms with Crippen molar-refractivity contribution in [2.24, 2.45) is 5.92 Å². The van der Waals surface area contributed by atoms with Crippen molar-refractivity contribution in [3.8, 4) is 34.7 Å². The summed E-state index contributed by atoms with van der Waals surface area (Å²) in [6, 6.07) is 13.8. The lowest BCUT2D eigenvalue weighted by Gasteiger charge is -2.17. The molecule has 34 heavy (non-hydrogen) atoms. The number of aliphatic carboxylic acids is 1. The maximum Gasteiger partial charge on any atom is 0.303 e. The van der Waals surface area contributed by atoms with Crippen molar-refractivity contribution in [3.63, 3.8) is 0 Å². The molecule has 8 nitrogen and oxygen atoms in total. The average molecular weight is 459 g/mol. The van der Waals surface area contributed by atoms with Crippen molar-refractivity contribution in [2.45, 2.75) is 51.2 Å². The van der Waals surface area contributed by atoms with Gasteiger partial charge in [-0.05, 0) is 74.4 Å². The van der Waals surface area contributed by atoms with Gasteiger partial charge in [-0.3, -0.25) is 4.79 Å². The number of carboxylic acids is 1. The maximum absolute atomic E-state index is 10.8. The lowest BCUT2D eigenvalue weighted by Crippen LogP contribution is -2.23. The van der Waals surface area contributed by atoms with Gasteiger partial charge < -0.3 is 19.7 Å². The van der Waals surface area contributed by atoms with Crippen LogP contribution in [0.15, 0.2) is 40.9 Å². The largest absolute Gasteiger partial charge is 0.490 e. The lowest BCUT2D eigenvalue weighted by molar-refractivity contribution is -0.137. The summed E-state index contributed by atoms with van der Waals surface area (Å²) in [5, 5.41) is 26.2. The first-order valence-corrected chi connectivity index (χ1v) is 11.6. The van der Waals surface area contributed by atoms with E-state index < -0.39 is 5.97 Å². The van der Waals surface area contributed by atoms with Gasteiger partial charge >= 0.3 is 5.97 Å². The fourth-order valence-electron chi connectivity index (χ4n) is 4.92. The van der Waals surface area contributed by atoms with Crippen molar-refractivity contribution >= 4 is 5.97 Å². The number of rotatable bonds is 9. The highest BCUT2D eigenvalue weighted by molar-refractivity contribution is 5.69. The Kier molecular flexibility index (Phi) is 5.80. The highest BCUT2D eigenvalue weighted by atomic mass is 16.5. The Hall–Kier alpha value is -3.70. The molecule has 0 bridgehead atoms. The summed E-state index contributed by atoms with van der Waals surface area (Å²) in [5.74, 6) is 1.64. The predicted octanol–water partition coefficient (Wildman–Crippen LogP) is 4.68. The van der Waals surface area contributed by atoms with Crippen molar-refractivity contribution < 1.29 is 19.2 Å². The summed E-state index contributed by atoms with van der Waals surface area (Å²) >= 11 is 0. The van der Waals surface area contributed by atoms with Gasteiger partial charge in [0.15, 0.2) is 0 Å². The van der Waals surface area contributed by atoms with E-state index in [-0.39, 0.29) is 18.6 Å². The van der Waals surface area contributed by atoms with Crippen LogP contribution in [0.5, 0.6) is 5.75 Å². The molecule has 2 N–H and O–H groups in total. The van der Waals surface area contributed by atoms with Gasteiger partial charge in [-0.15, -0.1) is 0 Å². The molecule has 0 aliphatic heterocycles. The molecule has 1 fully saturated rings.